The van der Waals surface area contributed by atoms with E-state index in [0.29, 0.717) is 0 Å². The van der Waals surface area contributed by atoms with E-state index in [4.69, 9.17) is 14.8 Å². The van der Waals surface area contributed by atoms with Gasteiger partial charge in [0.05, 0.1) is 5.76 Å². The summed E-state index contributed by atoms with van der Waals surface area (Å²) in [4.78, 5) is 14.8. The molecule has 1 aliphatic heterocycles. The van der Waals surface area contributed by atoms with Crippen LogP contribution in [0.4, 0.5) is 0 Å². The van der Waals surface area contributed by atoms with Crippen LogP contribution in [0.15, 0.2) is 96.9 Å². The molecule has 2 heterocycles. The molecule has 1 radical (unpaired) electrons. The van der Waals surface area contributed by atoms with E-state index in [1.165, 1.54) is 19.9 Å². The van der Waals surface area contributed by atoms with E-state index in [1.54, 1.807) is 0 Å². The predicted octanol–water partition coefficient (Wildman–Crippen LogP) is 7.02. The van der Waals surface area contributed by atoms with Gasteiger partial charge in [0.2, 0.25) is 0 Å². The zero-order valence-corrected chi connectivity index (χ0v) is 20.6. The molecule has 167 valence electrons. The minimum Gasteiger partial charge on any atom is -0.512 e. The fraction of sp³-hybridized carbons (Fsp3) is 0.0714. The number of ketones is 1. The molecule has 5 heteroatoms. The van der Waals surface area contributed by atoms with Crippen LogP contribution >= 0.6 is 0 Å². The molecule has 0 spiro atoms. The van der Waals surface area contributed by atoms with Crippen LogP contribution in [0, 0.1) is 6.07 Å². The topological polar surface area (TPSA) is 59.4 Å². The molecule has 1 aliphatic rings. The smallest absolute Gasteiger partial charge is 0.155 e. The molecule has 0 unspecified atom stereocenters. The van der Waals surface area contributed by atoms with Gasteiger partial charge in [-0.05, 0) is 42.3 Å². The van der Waals surface area contributed by atoms with Crippen molar-refractivity contribution in [3.05, 3.63) is 103 Å². The normalized spacial score (nSPS) is 11.2. The minimum atomic E-state index is -0.125. The summed E-state index contributed by atoms with van der Waals surface area (Å²) in [7, 11) is 0. The third-order valence-corrected chi connectivity index (χ3v) is 4.86. The van der Waals surface area contributed by atoms with Crippen molar-refractivity contribution in [2.75, 3.05) is 0 Å². The van der Waals surface area contributed by atoms with E-state index < -0.39 is 0 Å². The summed E-state index contributed by atoms with van der Waals surface area (Å²) < 4.78 is 6.16. The van der Waals surface area contributed by atoms with Crippen LogP contribution in [-0.2, 0) is 24.9 Å². The van der Waals surface area contributed by atoms with Gasteiger partial charge in [0.1, 0.15) is 5.75 Å². The second-order valence-corrected chi connectivity index (χ2v) is 7.39. The zero-order valence-electron chi connectivity index (χ0n) is 18.2. The van der Waals surface area contributed by atoms with Gasteiger partial charge in [-0.2, -0.15) is 0 Å². The van der Waals surface area contributed by atoms with Crippen LogP contribution in [0.25, 0.3) is 33.5 Å². The van der Waals surface area contributed by atoms with Gasteiger partial charge in [0.15, 0.2) is 5.78 Å². The molecule has 3 aromatic carbocycles. The average molecular weight is 613 g/mol. The molecule has 0 amide bonds. The summed E-state index contributed by atoms with van der Waals surface area (Å²) in [6, 6.07) is 29.7. The van der Waals surface area contributed by atoms with E-state index in [-0.39, 0.29) is 31.6 Å². The molecule has 0 aliphatic carbocycles. The summed E-state index contributed by atoms with van der Waals surface area (Å²) in [5, 5.41) is 8.36. The first kappa shape index (κ1) is 24.1. The number of benzene rings is 3. The standard InChI is InChI=1S/C23H14NO.C5H8O2.Ir/c1-2-8-16(9-3-1)17-14-20-18-10-4-6-12-21(18)25-22-13-7-5-11-19(22)23(20)24-15-17;1-4(6)3-5(2)7;/h1-10,12-15H;3,6H,1-2H3;/q-1;;. The molecular weight excluding hydrogens is 591 g/mol. The summed E-state index contributed by atoms with van der Waals surface area (Å²) in [6.45, 7) is 2.85. The predicted molar refractivity (Wildman–Crippen MR) is 127 cm³/mol. The van der Waals surface area contributed by atoms with Gasteiger partial charge in [-0.1, -0.05) is 60.2 Å². The van der Waals surface area contributed by atoms with Crippen LogP contribution < -0.4 is 4.74 Å². The summed E-state index contributed by atoms with van der Waals surface area (Å²) in [6.07, 6.45) is 3.09. The first-order chi connectivity index (χ1) is 15.5. The molecule has 0 fully saturated rings. The number of pyridine rings is 1. The number of hydrogen-bond donors (Lipinski definition) is 1. The number of aliphatic hydroxyl groups excluding tert-OH is 1. The third kappa shape index (κ3) is 5.64. The number of nitrogens with zero attached hydrogens (tertiary/aromatic N) is 1. The van der Waals surface area contributed by atoms with Crippen LogP contribution in [0.3, 0.4) is 0 Å². The first-order valence-electron chi connectivity index (χ1n) is 10.2. The fourth-order valence-electron chi connectivity index (χ4n) is 3.54. The summed E-state index contributed by atoms with van der Waals surface area (Å²) in [5.41, 5.74) is 6.16. The minimum absolute atomic E-state index is 0. The maximum absolute atomic E-state index is 10.0. The largest absolute Gasteiger partial charge is 0.512 e. The monoisotopic (exact) mass is 613 g/mol. The van der Waals surface area contributed by atoms with Gasteiger partial charge >= 0.3 is 0 Å². The maximum atomic E-state index is 10.0. The van der Waals surface area contributed by atoms with E-state index in [0.717, 1.165) is 45.0 Å². The van der Waals surface area contributed by atoms with Gasteiger partial charge in [-0.3, -0.25) is 4.79 Å². The Labute approximate surface area is 207 Å². The number of fused-ring (bicyclic) bond motifs is 5. The number of para-hydroxylation sites is 1. The quantitative estimate of drug-likeness (QED) is 0.132. The number of aliphatic hydroxyl groups is 1. The van der Waals surface area contributed by atoms with Gasteiger partial charge in [-0.25, -0.2) is 0 Å². The molecular formula is C28H22IrNO3-. The van der Waals surface area contributed by atoms with E-state index in [9.17, 15) is 4.79 Å². The Balaban J connectivity index is 0.000000337. The van der Waals surface area contributed by atoms with Gasteiger partial charge in [0, 0.05) is 43.7 Å². The molecule has 4 nitrogen and oxygen atoms in total. The number of carbonyl (C=O) groups is 1. The van der Waals surface area contributed by atoms with Crippen molar-refractivity contribution in [2.45, 2.75) is 13.8 Å². The third-order valence-electron chi connectivity index (χ3n) is 4.86. The van der Waals surface area contributed by atoms with Crippen molar-refractivity contribution < 1.29 is 34.7 Å². The Morgan fingerprint density at radius 2 is 1.61 bits per heavy atom. The van der Waals surface area contributed by atoms with Crippen molar-refractivity contribution in [3.63, 3.8) is 0 Å². The van der Waals surface area contributed by atoms with E-state index >= 15 is 0 Å². The molecule has 5 rings (SSSR count). The number of rotatable bonds is 2. The SMILES string of the molecule is CC(=O)C=C(C)O.[Ir].[c-]1cccc2c1-c1ncc(-c3ccccc3)cc1-c1ccccc1O2. The summed E-state index contributed by atoms with van der Waals surface area (Å²) in [5.74, 6) is 1.57. The number of carbonyl (C=O) groups excluding carboxylic acids is 1. The molecule has 4 aromatic rings. The molecule has 0 atom stereocenters. The number of aromatic nitrogens is 1. The Hall–Kier alpha value is -3.53. The molecule has 0 saturated carbocycles. The van der Waals surface area contributed by atoms with Gasteiger partial charge < -0.3 is 14.8 Å². The van der Waals surface area contributed by atoms with E-state index in [1.807, 2.05) is 60.8 Å². The molecule has 33 heavy (non-hydrogen) atoms. The van der Waals surface area contributed by atoms with Crippen molar-refractivity contribution in [2.24, 2.45) is 0 Å². The Morgan fingerprint density at radius 1 is 0.909 bits per heavy atom. The molecule has 1 aromatic heterocycles. The second kappa shape index (κ2) is 10.9. The van der Waals surface area contributed by atoms with Crippen molar-refractivity contribution in [1.29, 1.82) is 0 Å². The second-order valence-electron chi connectivity index (χ2n) is 7.39. The molecule has 1 N–H and O–H groups in total. The number of hydrogen-bond acceptors (Lipinski definition) is 4. The Bertz CT molecular complexity index is 1300. The number of ether oxygens (including phenoxy) is 1. The van der Waals surface area contributed by atoms with E-state index in [2.05, 4.69) is 30.3 Å². The molecule has 0 bridgehead atoms. The van der Waals surface area contributed by atoms with Crippen LogP contribution in [0.2, 0.25) is 0 Å². The van der Waals surface area contributed by atoms with Crippen molar-refractivity contribution in [1.82, 2.24) is 4.98 Å². The van der Waals surface area contributed by atoms with Gasteiger partial charge in [-0.15, -0.1) is 24.3 Å². The Kier molecular flexibility index (Phi) is 7.94. The number of allylic oxidation sites excluding steroid dienone is 2. The zero-order chi connectivity index (χ0) is 22.5. The maximum Gasteiger partial charge on any atom is 0.155 e. The first-order valence-corrected chi connectivity index (χ1v) is 10.2. The molecule has 0 saturated heterocycles. The van der Waals surface area contributed by atoms with Crippen molar-refractivity contribution in [3.8, 4) is 45.0 Å². The van der Waals surface area contributed by atoms with Crippen LogP contribution in [0.5, 0.6) is 11.5 Å². The van der Waals surface area contributed by atoms with Gasteiger partial charge in [0.25, 0.3) is 0 Å². The summed E-state index contributed by atoms with van der Waals surface area (Å²) >= 11 is 0. The van der Waals surface area contributed by atoms with Crippen LogP contribution in [0.1, 0.15) is 13.8 Å². The fourth-order valence-corrected chi connectivity index (χ4v) is 3.54. The van der Waals surface area contributed by atoms with Crippen LogP contribution in [-0.4, -0.2) is 15.9 Å². The Morgan fingerprint density at radius 3 is 2.30 bits per heavy atom. The average Bonchev–Trinajstić information content (AvgIpc) is 2.93. The van der Waals surface area contributed by atoms with Crippen molar-refractivity contribution >= 4 is 5.78 Å².